The van der Waals surface area contributed by atoms with Crippen molar-refractivity contribution in [1.29, 1.82) is 0 Å². The first-order chi connectivity index (χ1) is 13.0. The van der Waals surface area contributed by atoms with E-state index in [9.17, 15) is 13.2 Å². The second-order valence-corrected chi connectivity index (χ2v) is 8.10. The van der Waals surface area contributed by atoms with Gasteiger partial charge in [-0.05, 0) is 43.2 Å². The summed E-state index contributed by atoms with van der Waals surface area (Å²) in [5, 5.41) is 2.75. The third-order valence-corrected chi connectivity index (χ3v) is 6.35. The number of anilines is 1. The first-order valence-corrected chi connectivity index (χ1v) is 10.0. The summed E-state index contributed by atoms with van der Waals surface area (Å²) in [4.78, 5) is 12.8. The SMILES string of the molecule is COc1ccc(OC)c(NC(=O)c2cccc(S(=O)(=O)N3CCCC3)c2)c1. The van der Waals surface area contributed by atoms with Gasteiger partial charge in [-0.15, -0.1) is 0 Å². The number of hydrogen-bond donors (Lipinski definition) is 1. The summed E-state index contributed by atoms with van der Waals surface area (Å²) >= 11 is 0. The van der Waals surface area contributed by atoms with E-state index in [1.807, 2.05) is 0 Å². The molecule has 7 nitrogen and oxygen atoms in total. The fourth-order valence-electron chi connectivity index (χ4n) is 2.98. The van der Waals surface area contributed by atoms with Crippen molar-refractivity contribution < 1.29 is 22.7 Å². The molecule has 1 heterocycles. The standard InChI is InChI=1S/C19H22N2O5S/c1-25-15-8-9-18(26-2)17(13-15)20-19(22)14-6-5-7-16(12-14)27(23,24)21-10-3-4-11-21/h5-9,12-13H,3-4,10-11H2,1-2H3,(H,20,22). The topological polar surface area (TPSA) is 84.9 Å². The lowest BCUT2D eigenvalue weighted by molar-refractivity contribution is 0.102. The number of carbonyl (C=O) groups excluding carboxylic acids is 1. The molecule has 1 aliphatic rings. The van der Waals surface area contributed by atoms with Gasteiger partial charge in [0.15, 0.2) is 0 Å². The Bertz CT molecular complexity index is 937. The quantitative estimate of drug-likeness (QED) is 0.820. The lowest BCUT2D eigenvalue weighted by Crippen LogP contribution is -2.28. The fourth-order valence-corrected chi connectivity index (χ4v) is 4.55. The molecule has 1 N–H and O–H groups in total. The van der Waals surface area contributed by atoms with Gasteiger partial charge in [-0.1, -0.05) is 6.07 Å². The molecule has 27 heavy (non-hydrogen) atoms. The van der Waals surface area contributed by atoms with Crippen molar-refractivity contribution in [2.75, 3.05) is 32.6 Å². The van der Waals surface area contributed by atoms with Gasteiger partial charge < -0.3 is 14.8 Å². The van der Waals surface area contributed by atoms with E-state index < -0.39 is 15.9 Å². The van der Waals surface area contributed by atoms with Crippen LogP contribution in [0.1, 0.15) is 23.2 Å². The molecule has 8 heteroatoms. The number of carbonyl (C=O) groups is 1. The number of hydrogen-bond acceptors (Lipinski definition) is 5. The summed E-state index contributed by atoms with van der Waals surface area (Å²) in [5.41, 5.74) is 0.690. The van der Waals surface area contributed by atoms with Crippen LogP contribution in [0.3, 0.4) is 0 Å². The van der Waals surface area contributed by atoms with Gasteiger partial charge in [0.1, 0.15) is 11.5 Å². The van der Waals surface area contributed by atoms with Gasteiger partial charge >= 0.3 is 0 Å². The second-order valence-electron chi connectivity index (χ2n) is 6.16. The average Bonchev–Trinajstić information content (AvgIpc) is 3.23. The zero-order valence-corrected chi connectivity index (χ0v) is 16.1. The second kappa shape index (κ2) is 7.98. The highest BCUT2D eigenvalue weighted by molar-refractivity contribution is 7.89. The number of ether oxygens (including phenoxy) is 2. The van der Waals surface area contributed by atoms with Crippen LogP contribution in [0.25, 0.3) is 0 Å². The summed E-state index contributed by atoms with van der Waals surface area (Å²) in [6.45, 7) is 1.03. The third kappa shape index (κ3) is 4.06. The van der Waals surface area contributed by atoms with Gasteiger partial charge in [0.05, 0.1) is 24.8 Å². The van der Waals surface area contributed by atoms with Crippen LogP contribution in [0.5, 0.6) is 11.5 Å². The van der Waals surface area contributed by atoms with Crippen molar-refractivity contribution in [3.8, 4) is 11.5 Å². The van der Waals surface area contributed by atoms with Crippen molar-refractivity contribution in [3.63, 3.8) is 0 Å². The predicted octanol–water partition coefficient (Wildman–Crippen LogP) is 2.74. The monoisotopic (exact) mass is 390 g/mol. The number of sulfonamides is 1. The van der Waals surface area contributed by atoms with Crippen LogP contribution in [-0.2, 0) is 10.0 Å². The Morgan fingerprint density at radius 2 is 1.78 bits per heavy atom. The molecule has 144 valence electrons. The van der Waals surface area contributed by atoms with Crippen molar-refractivity contribution >= 4 is 21.6 Å². The van der Waals surface area contributed by atoms with Crippen LogP contribution in [0.15, 0.2) is 47.4 Å². The minimum absolute atomic E-state index is 0.120. The van der Waals surface area contributed by atoms with Crippen molar-refractivity contribution in [1.82, 2.24) is 4.31 Å². The Kier molecular flexibility index (Phi) is 5.67. The van der Waals surface area contributed by atoms with E-state index in [2.05, 4.69) is 5.32 Å². The van der Waals surface area contributed by atoms with Crippen molar-refractivity contribution in [2.45, 2.75) is 17.7 Å². The number of methoxy groups -OCH3 is 2. The Labute approximate surface area is 158 Å². The van der Waals surface area contributed by atoms with E-state index in [0.29, 0.717) is 30.3 Å². The molecule has 1 fully saturated rings. The lowest BCUT2D eigenvalue weighted by atomic mass is 10.2. The van der Waals surface area contributed by atoms with Crippen molar-refractivity contribution in [3.05, 3.63) is 48.0 Å². The molecule has 1 amide bonds. The summed E-state index contributed by atoms with van der Waals surface area (Å²) in [7, 11) is -0.554. The molecule has 0 atom stereocenters. The molecule has 0 aliphatic carbocycles. The Morgan fingerprint density at radius 1 is 1.04 bits per heavy atom. The lowest BCUT2D eigenvalue weighted by Gasteiger charge is -2.16. The van der Waals surface area contributed by atoms with E-state index in [1.165, 1.54) is 30.7 Å². The van der Waals surface area contributed by atoms with E-state index >= 15 is 0 Å². The highest BCUT2D eigenvalue weighted by Gasteiger charge is 2.27. The minimum Gasteiger partial charge on any atom is -0.497 e. The van der Waals surface area contributed by atoms with E-state index in [0.717, 1.165) is 12.8 Å². The zero-order chi connectivity index (χ0) is 19.4. The zero-order valence-electron chi connectivity index (χ0n) is 15.3. The molecule has 3 rings (SSSR count). The molecule has 0 bridgehead atoms. The molecule has 0 spiro atoms. The van der Waals surface area contributed by atoms with Crippen LogP contribution in [0.4, 0.5) is 5.69 Å². The van der Waals surface area contributed by atoms with Crippen LogP contribution in [0, 0.1) is 0 Å². The van der Waals surface area contributed by atoms with Gasteiger partial charge in [-0.25, -0.2) is 8.42 Å². The Morgan fingerprint density at radius 3 is 2.44 bits per heavy atom. The number of benzene rings is 2. The average molecular weight is 390 g/mol. The summed E-state index contributed by atoms with van der Waals surface area (Å²) < 4.78 is 37.3. The maximum Gasteiger partial charge on any atom is 0.255 e. The largest absolute Gasteiger partial charge is 0.497 e. The molecular weight excluding hydrogens is 368 g/mol. The van der Waals surface area contributed by atoms with Gasteiger partial charge in [0.25, 0.3) is 5.91 Å². The summed E-state index contributed by atoms with van der Waals surface area (Å²) in [5.74, 6) is 0.612. The molecule has 1 saturated heterocycles. The van der Waals surface area contributed by atoms with Gasteiger partial charge in [0, 0.05) is 24.7 Å². The molecular formula is C19H22N2O5S. The van der Waals surface area contributed by atoms with Crippen LogP contribution < -0.4 is 14.8 Å². The highest BCUT2D eigenvalue weighted by Crippen LogP contribution is 2.29. The molecule has 0 saturated carbocycles. The molecule has 0 unspecified atom stereocenters. The highest BCUT2D eigenvalue weighted by atomic mass is 32.2. The van der Waals surface area contributed by atoms with Gasteiger partial charge in [0.2, 0.25) is 10.0 Å². The molecule has 2 aromatic rings. The maximum atomic E-state index is 12.7. The third-order valence-electron chi connectivity index (χ3n) is 4.45. The van der Waals surface area contributed by atoms with Crippen molar-refractivity contribution in [2.24, 2.45) is 0 Å². The Balaban J connectivity index is 1.86. The fraction of sp³-hybridized carbons (Fsp3) is 0.316. The first kappa shape index (κ1) is 19.2. The van der Waals surface area contributed by atoms with Gasteiger partial charge in [-0.2, -0.15) is 4.31 Å². The van der Waals surface area contributed by atoms with E-state index in [1.54, 1.807) is 30.3 Å². The van der Waals surface area contributed by atoms with Crippen LogP contribution >= 0.6 is 0 Å². The molecule has 0 aromatic heterocycles. The predicted molar refractivity (Wildman–Crippen MR) is 102 cm³/mol. The molecule has 1 aliphatic heterocycles. The number of amides is 1. The maximum absolute atomic E-state index is 12.7. The first-order valence-electron chi connectivity index (χ1n) is 8.59. The van der Waals surface area contributed by atoms with Crippen LogP contribution in [0.2, 0.25) is 0 Å². The van der Waals surface area contributed by atoms with E-state index in [-0.39, 0.29) is 10.5 Å². The minimum atomic E-state index is -3.58. The normalized spacial score (nSPS) is 14.7. The number of nitrogens with one attached hydrogen (secondary N) is 1. The number of nitrogens with zero attached hydrogens (tertiary/aromatic N) is 1. The summed E-state index contributed by atoms with van der Waals surface area (Å²) in [6.07, 6.45) is 1.71. The summed E-state index contributed by atoms with van der Waals surface area (Å²) in [6, 6.07) is 11.1. The molecule has 2 aromatic carbocycles. The smallest absolute Gasteiger partial charge is 0.255 e. The Hall–Kier alpha value is -2.58. The van der Waals surface area contributed by atoms with E-state index in [4.69, 9.17) is 9.47 Å². The number of rotatable bonds is 6. The van der Waals surface area contributed by atoms with Crippen LogP contribution in [-0.4, -0.2) is 45.9 Å². The molecule has 0 radical (unpaired) electrons. The van der Waals surface area contributed by atoms with Gasteiger partial charge in [-0.3, -0.25) is 4.79 Å².